The Bertz CT molecular complexity index is 629. The Balaban J connectivity index is 2.40. The quantitative estimate of drug-likeness (QED) is 0.474. The molecule has 2 aromatic rings. The summed E-state index contributed by atoms with van der Waals surface area (Å²) >= 11 is 3.49. The Morgan fingerprint density at radius 1 is 1.55 bits per heavy atom. The normalized spacial score (nSPS) is 12.2. The third kappa shape index (κ3) is 2.79. The van der Waals surface area contributed by atoms with E-state index in [2.05, 4.69) is 26.2 Å². The van der Waals surface area contributed by atoms with Crippen LogP contribution in [0.3, 0.4) is 0 Å². The largest absolute Gasteiger partial charge is 0.490 e. The molecule has 0 aliphatic rings. The zero-order chi connectivity index (χ0) is 14.7. The summed E-state index contributed by atoms with van der Waals surface area (Å²) < 4.78 is 6.47. The molecule has 1 heterocycles. The molecule has 106 valence electrons. The minimum Gasteiger partial charge on any atom is -0.490 e. The van der Waals surface area contributed by atoms with E-state index in [0.717, 1.165) is 12.1 Å². The van der Waals surface area contributed by atoms with Crippen LogP contribution in [0.5, 0.6) is 5.75 Å². The van der Waals surface area contributed by atoms with E-state index in [1.54, 1.807) is 18.3 Å². The lowest BCUT2D eigenvalue weighted by atomic mass is 10.2. The summed E-state index contributed by atoms with van der Waals surface area (Å²) in [5.74, 6) is 0.214. The van der Waals surface area contributed by atoms with Crippen LogP contribution in [-0.4, -0.2) is 27.0 Å². The van der Waals surface area contributed by atoms with E-state index in [4.69, 9.17) is 4.74 Å². The first-order valence-electron chi connectivity index (χ1n) is 5.96. The Morgan fingerprint density at radius 3 is 2.90 bits per heavy atom. The van der Waals surface area contributed by atoms with Crippen molar-refractivity contribution >= 4 is 21.6 Å². The number of nitro groups is 1. The summed E-state index contributed by atoms with van der Waals surface area (Å²) in [4.78, 5) is 10.6. The molecule has 1 aromatic carbocycles. The highest BCUT2D eigenvalue weighted by Gasteiger charge is 2.17. The number of aromatic nitrogens is 3. The van der Waals surface area contributed by atoms with Crippen LogP contribution in [-0.2, 0) is 0 Å². The molecule has 0 saturated heterocycles. The Morgan fingerprint density at radius 2 is 2.30 bits per heavy atom. The number of hydrogen-bond donors (Lipinski definition) is 0. The summed E-state index contributed by atoms with van der Waals surface area (Å²) in [7, 11) is 1.40. The topological polar surface area (TPSA) is 83.1 Å². The van der Waals surface area contributed by atoms with Gasteiger partial charge in [-0.3, -0.25) is 10.1 Å². The van der Waals surface area contributed by atoms with Crippen molar-refractivity contribution in [3.8, 4) is 11.4 Å². The van der Waals surface area contributed by atoms with Gasteiger partial charge in [-0.1, -0.05) is 28.1 Å². The molecular formula is C12H13BrN4O3. The van der Waals surface area contributed by atoms with Crippen molar-refractivity contribution in [2.45, 2.75) is 18.2 Å². The zero-order valence-electron chi connectivity index (χ0n) is 11.0. The molecule has 8 heteroatoms. The zero-order valence-corrected chi connectivity index (χ0v) is 12.6. The van der Waals surface area contributed by atoms with Gasteiger partial charge < -0.3 is 4.74 Å². The summed E-state index contributed by atoms with van der Waals surface area (Å²) in [6.45, 7) is 2.02. The van der Waals surface area contributed by atoms with Crippen molar-refractivity contribution in [2.24, 2.45) is 0 Å². The number of alkyl halides is 1. The SMILES string of the molecule is CCC(Br)c1cn(-c2ccc(OC)c([N+](=O)[O-])c2)nn1. The maximum absolute atomic E-state index is 11.0. The van der Waals surface area contributed by atoms with Gasteiger partial charge in [-0.2, -0.15) is 0 Å². The number of methoxy groups -OCH3 is 1. The van der Waals surface area contributed by atoms with Gasteiger partial charge in [0, 0.05) is 6.07 Å². The molecule has 0 N–H and O–H groups in total. The molecule has 0 bridgehead atoms. The lowest BCUT2D eigenvalue weighted by Crippen LogP contribution is -1.99. The third-order valence-corrected chi connectivity index (χ3v) is 3.93. The van der Waals surface area contributed by atoms with E-state index in [1.807, 2.05) is 6.92 Å². The standard InChI is InChI=1S/C12H13BrN4O3/c1-3-9(13)10-7-16(15-14-10)8-4-5-12(20-2)11(6-8)17(18)19/h4-7,9H,3H2,1-2H3. The molecule has 20 heavy (non-hydrogen) atoms. The molecule has 1 atom stereocenters. The number of nitrogens with zero attached hydrogens (tertiary/aromatic N) is 4. The van der Waals surface area contributed by atoms with E-state index >= 15 is 0 Å². The molecular weight excluding hydrogens is 328 g/mol. The fraction of sp³-hybridized carbons (Fsp3) is 0.333. The predicted molar refractivity (Wildman–Crippen MR) is 76.5 cm³/mol. The molecule has 0 radical (unpaired) electrons. The molecule has 2 rings (SSSR count). The third-order valence-electron chi connectivity index (χ3n) is 2.81. The van der Waals surface area contributed by atoms with Crippen LogP contribution < -0.4 is 4.74 Å². The maximum atomic E-state index is 11.0. The van der Waals surface area contributed by atoms with Crippen molar-refractivity contribution in [1.82, 2.24) is 15.0 Å². The van der Waals surface area contributed by atoms with E-state index in [0.29, 0.717) is 5.69 Å². The van der Waals surface area contributed by atoms with Crippen LogP contribution in [0, 0.1) is 10.1 Å². The average molecular weight is 341 g/mol. The highest BCUT2D eigenvalue weighted by atomic mass is 79.9. The molecule has 1 unspecified atom stereocenters. The van der Waals surface area contributed by atoms with Crippen LogP contribution in [0.2, 0.25) is 0 Å². The number of rotatable bonds is 5. The molecule has 7 nitrogen and oxygen atoms in total. The van der Waals surface area contributed by atoms with Crippen molar-refractivity contribution < 1.29 is 9.66 Å². The minimum atomic E-state index is -0.487. The van der Waals surface area contributed by atoms with Crippen LogP contribution >= 0.6 is 15.9 Å². The fourth-order valence-electron chi connectivity index (χ4n) is 1.72. The first kappa shape index (κ1) is 14.4. The number of hydrogen-bond acceptors (Lipinski definition) is 5. The van der Waals surface area contributed by atoms with Crippen molar-refractivity contribution in [2.75, 3.05) is 7.11 Å². The van der Waals surface area contributed by atoms with Crippen LogP contribution in [0.1, 0.15) is 23.9 Å². The van der Waals surface area contributed by atoms with E-state index in [-0.39, 0.29) is 16.3 Å². The average Bonchev–Trinajstić information content (AvgIpc) is 2.95. The molecule has 1 aromatic heterocycles. The fourth-order valence-corrected chi connectivity index (χ4v) is 1.93. The lowest BCUT2D eigenvalue weighted by molar-refractivity contribution is -0.385. The molecule has 0 aliphatic heterocycles. The van der Waals surface area contributed by atoms with Crippen LogP contribution in [0.4, 0.5) is 5.69 Å². The summed E-state index contributed by atoms with van der Waals surface area (Å²) in [6.07, 6.45) is 2.62. The highest BCUT2D eigenvalue weighted by Crippen LogP contribution is 2.29. The van der Waals surface area contributed by atoms with Gasteiger partial charge >= 0.3 is 5.69 Å². The molecule has 0 spiro atoms. The van der Waals surface area contributed by atoms with Gasteiger partial charge in [0.1, 0.15) is 0 Å². The smallest absolute Gasteiger partial charge is 0.313 e. The number of nitro benzene ring substituents is 1. The lowest BCUT2D eigenvalue weighted by Gasteiger charge is -2.04. The second-order valence-electron chi connectivity index (χ2n) is 4.08. The predicted octanol–water partition coefficient (Wildman–Crippen LogP) is 3.03. The maximum Gasteiger partial charge on any atom is 0.313 e. The second kappa shape index (κ2) is 6.00. The van der Waals surface area contributed by atoms with Crippen molar-refractivity contribution in [3.05, 3.63) is 40.2 Å². The van der Waals surface area contributed by atoms with Gasteiger partial charge in [0.2, 0.25) is 0 Å². The Hall–Kier alpha value is -1.96. The monoisotopic (exact) mass is 340 g/mol. The number of benzene rings is 1. The first-order valence-corrected chi connectivity index (χ1v) is 6.87. The van der Waals surface area contributed by atoms with Gasteiger partial charge in [-0.15, -0.1) is 5.10 Å². The van der Waals surface area contributed by atoms with Gasteiger partial charge in [0.15, 0.2) is 5.75 Å². The Labute approximate surface area is 123 Å². The molecule has 0 aliphatic carbocycles. The van der Waals surface area contributed by atoms with Crippen molar-refractivity contribution in [3.63, 3.8) is 0 Å². The Kier molecular flexibility index (Phi) is 4.33. The van der Waals surface area contributed by atoms with E-state index in [9.17, 15) is 10.1 Å². The van der Waals surface area contributed by atoms with Gasteiger partial charge in [-0.25, -0.2) is 4.68 Å². The van der Waals surface area contributed by atoms with Crippen LogP contribution in [0.15, 0.2) is 24.4 Å². The van der Waals surface area contributed by atoms with Gasteiger partial charge in [0.25, 0.3) is 0 Å². The van der Waals surface area contributed by atoms with Crippen LogP contribution in [0.25, 0.3) is 5.69 Å². The molecule has 0 amide bonds. The van der Waals surface area contributed by atoms with Gasteiger partial charge in [0.05, 0.1) is 34.4 Å². The summed E-state index contributed by atoms with van der Waals surface area (Å²) in [5, 5.41) is 19.0. The molecule has 0 saturated carbocycles. The summed E-state index contributed by atoms with van der Waals surface area (Å²) in [5.41, 5.74) is 1.24. The highest BCUT2D eigenvalue weighted by molar-refractivity contribution is 9.09. The van der Waals surface area contributed by atoms with E-state index < -0.39 is 4.92 Å². The first-order chi connectivity index (χ1) is 9.56. The minimum absolute atomic E-state index is 0.104. The van der Waals surface area contributed by atoms with Crippen molar-refractivity contribution in [1.29, 1.82) is 0 Å². The van der Waals surface area contributed by atoms with Gasteiger partial charge in [-0.05, 0) is 18.6 Å². The number of halogens is 1. The second-order valence-corrected chi connectivity index (χ2v) is 5.18. The molecule has 0 fully saturated rings. The number of ether oxygens (including phenoxy) is 1. The summed E-state index contributed by atoms with van der Waals surface area (Å²) in [6, 6.07) is 4.65. The van der Waals surface area contributed by atoms with E-state index in [1.165, 1.54) is 17.9 Å².